The molecule has 3 N–H and O–H groups in total. The van der Waals surface area contributed by atoms with Crippen molar-refractivity contribution in [2.75, 3.05) is 6.54 Å². The minimum absolute atomic E-state index is 0.125. The van der Waals surface area contributed by atoms with Crippen LogP contribution in [0.4, 0.5) is 0 Å². The van der Waals surface area contributed by atoms with E-state index in [1.807, 2.05) is 0 Å². The number of fused-ring (bicyclic) bond motifs is 1. The van der Waals surface area contributed by atoms with Gasteiger partial charge in [0.2, 0.25) is 0 Å². The molecule has 2 aromatic heterocycles. The molecule has 0 aromatic carbocycles. The largest absolute Gasteiger partial charge is 0.390 e. The maximum atomic E-state index is 12.5. The summed E-state index contributed by atoms with van der Waals surface area (Å²) < 4.78 is 3.80. The third kappa shape index (κ3) is 3.46. The molecule has 1 saturated carbocycles. The average molecular weight is 365 g/mol. The molecule has 144 valence electrons. The van der Waals surface area contributed by atoms with E-state index >= 15 is 0 Å². The predicted molar refractivity (Wildman–Crippen MR) is 97.0 cm³/mol. The van der Waals surface area contributed by atoms with Gasteiger partial charge in [-0.1, -0.05) is 19.3 Å². The monoisotopic (exact) mass is 365 g/mol. The van der Waals surface area contributed by atoms with Crippen molar-refractivity contribution in [3.63, 3.8) is 0 Å². The number of aryl methyl sites for hydroxylation is 1. The minimum atomic E-state index is -0.735. The van der Waals surface area contributed by atoms with E-state index in [4.69, 9.17) is 0 Å². The molecule has 1 aliphatic carbocycles. The van der Waals surface area contributed by atoms with E-state index in [-0.39, 0.29) is 30.1 Å². The third-order valence-corrected chi connectivity index (χ3v) is 5.21. The molecule has 0 amide bonds. The molecular formula is C17H27N5O4. The maximum absolute atomic E-state index is 12.5. The summed E-state index contributed by atoms with van der Waals surface area (Å²) in [5.74, 6) is 0.259. The molecule has 26 heavy (non-hydrogen) atoms. The van der Waals surface area contributed by atoms with E-state index in [1.165, 1.54) is 42.5 Å². The number of nitrogens with zero attached hydrogens (tertiary/aromatic N) is 4. The topological polar surface area (TPSA) is 114 Å². The van der Waals surface area contributed by atoms with Crippen LogP contribution >= 0.6 is 0 Å². The number of imidazole rings is 1. The molecule has 0 unspecified atom stereocenters. The number of aliphatic hydroxyl groups excluding tert-OH is 2. The Balaban J connectivity index is 1.86. The summed E-state index contributed by atoms with van der Waals surface area (Å²) in [6.07, 6.45) is 5.18. The summed E-state index contributed by atoms with van der Waals surface area (Å²) >= 11 is 0. The predicted octanol–water partition coefficient (Wildman–Crippen LogP) is -0.791. The molecule has 0 aliphatic heterocycles. The molecule has 9 nitrogen and oxygen atoms in total. The van der Waals surface area contributed by atoms with Gasteiger partial charge in [0.25, 0.3) is 5.56 Å². The highest BCUT2D eigenvalue weighted by molar-refractivity contribution is 5.71. The zero-order valence-corrected chi connectivity index (χ0v) is 15.3. The lowest BCUT2D eigenvalue weighted by molar-refractivity contribution is 0.141. The van der Waals surface area contributed by atoms with Crippen molar-refractivity contribution >= 4 is 11.2 Å². The van der Waals surface area contributed by atoms with Crippen LogP contribution in [0.2, 0.25) is 0 Å². The van der Waals surface area contributed by atoms with Crippen LogP contribution in [0.1, 0.15) is 37.9 Å². The SMILES string of the molecule is Cn1c(=O)c2c(nc(CO)n2C[C@H](O)CNC2CCCCC2)n(C)c1=O. The van der Waals surface area contributed by atoms with E-state index in [9.17, 15) is 19.8 Å². The molecule has 2 heterocycles. The van der Waals surface area contributed by atoms with Crippen molar-refractivity contribution in [2.24, 2.45) is 14.1 Å². The molecule has 1 aliphatic rings. The van der Waals surface area contributed by atoms with E-state index in [0.717, 1.165) is 17.4 Å². The Morgan fingerprint density at radius 3 is 2.54 bits per heavy atom. The van der Waals surface area contributed by atoms with Gasteiger partial charge in [0, 0.05) is 26.7 Å². The molecule has 1 fully saturated rings. The first kappa shape index (κ1) is 18.8. The Morgan fingerprint density at radius 2 is 1.88 bits per heavy atom. The smallest absolute Gasteiger partial charge is 0.332 e. The highest BCUT2D eigenvalue weighted by atomic mass is 16.3. The van der Waals surface area contributed by atoms with Crippen molar-refractivity contribution < 1.29 is 10.2 Å². The van der Waals surface area contributed by atoms with Gasteiger partial charge in [-0.15, -0.1) is 0 Å². The number of aliphatic hydroxyl groups is 2. The fraction of sp³-hybridized carbons (Fsp3) is 0.706. The zero-order chi connectivity index (χ0) is 18.8. The van der Waals surface area contributed by atoms with Gasteiger partial charge in [0.1, 0.15) is 12.4 Å². The number of rotatable bonds is 6. The number of aromatic nitrogens is 4. The highest BCUT2D eigenvalue weighted by Gasteiger charge is 2.21. The van der Waals surface area contributed by atoms with Crippen molar-refractivity contribution in [3.05, 3.63) is 26.7 Å². The summed E-state index contributed by atoms with van der Waals surface area (Å²) in [6.45, 7) is 0.148. The Hall–Kier alpha value is -1.97. The van der Waals surface area contributed by atoms with Crippen LogP contribution in [-0.4, -0.2) is 47.6 Å². The Bertz CT molecular complexity index is 891. The maximum Gasteiger partial charge on any atom is 0.332 e. The van der Waals surface area contributed by atoms with Gasteiger partial charge in [-0.25, -0.2) is 9.78 Å². The normalized spacial score (nSPS) is 17.1. The summed E-state index contributed by atoms with van der Waals surface area (Å²) in [5.41, 5.74) is -0.524. The van der Waals surface area contributed by atoms with Crippen molar-refractivity contribution in [1.82, 2.24) is 24.0 Å². The molecule has 0 bridgehead atoms. The minimum Gasteiger partial charge on any atom is -0.390 e. The second-order valence-electron chi connectivity index (χ2n) is 7.07. The fourth-order valence-corrected chi connectivity index (χ4v) is 3.69. The second-order valence-corrected chi connectivity index (χ2v) is 7.07. The molecule has 3 rings (SSSR count). The van der Waals surface area contributed by atoms with E-state index < -0.39 is 17.4 Å². The van der Waals surface area contributed by atoms with Gasteiger partial charge < -0.3 is 20.1 Å². The lowest BCUT2D eigenvalue weighted by Gasteiger charge is -2.24. The van der Waals surface area contributed by atoms with Crippen LogP contribution in [0.5, 0.6) is 0 Å². The van der Waals surface area contributed by atoms with Gasteiger partial charge in [0.15, 0.2) is 11.2 Å². The lowest BCUT2D eigenvalue weighted by Crippen LogP contribution is -2.40. The van der Waals surface area contributed by atoms with Gasteiger partial charge in [-0.05, 0) is 12.8 Å². The van der Waals surface area contributed by atoms with Crippen LogP contribution in [-0.2, 0) is 27.2 Å². The summed E-state index contributed by atoms with van der Waals surface area (Å²) in [4.78, 5) is 28.8. The quantitative estimate of drug-likeness (QED) is 0.618. The number of hydrogen-bond acceptors (Lipinski definition) is 6. The molecule has 1 atom stereocenters. The lowest BCUT2D eigenvalue weighted by atomic mass is 9.95. The zero-order valence-electron chi connectivity index (χ0n) is 15.3. The second kappa shape index (κ2) is 7.73. The van der Waals surface area contributed by atoms with Gasteiger partial charge in [-0.2, -0.15) is 0 Å². The van der Waals surface area contributed by atoms with E-state index in [0.29, 0.717) is 12.6 Å². The van der Waals surface area contributed by atoms with Crippen molar-refractivity contribution in [1.29, 1.82) is 0 Å². The van der Waals surface area contributed by atoms with Gasteiger partial charge in [0.05, 0.1) is 12.6 Å². The van der Waals surface area contributed by atoms with Crippen LogP contribution < -0.4 is 16.6 Å². The van der Waals surface area contributed by atoms with Crippen LogP contribution in [0.25, 0.3) is 11.2 Å². The van der Waals surface area contributed by atoms with Gasteiger partial charge >= 0.3 is 5.69 Å². The van der Waals surface area contributed by atoms with Crippen LogP contribution in [0.3, 0.4) is 0 Å². The Morgan fingerprint density at radius 1 is 1.19 bits per heavy atom. The summed E-state index contributed by atoms with van der Waals surface area (Å²) in [7, 11) is 2.94. The number of nitrogens with one attached hydrogen (secondary N) is 1. The summed E-state index contributed by atoms with van der Waals surface area (Å²) in [5, 5.41) is 23.4. The first-order valence-electron chi connectivity index (χ1n) is 9.11. The standard InChI is InChI=1S/C17H27N5O4/c1-20-15-14(16(25)21(2)17(20)26)22(13(10-23)19-15)9-12(24)8-18-11-6-4-3-5-7-11/h11-12,18,23-24H,3-10H2,1-2H3/t12-/m1/s1. The Labute approximate surface area is 150 Å². The third-order valence-electron chi connectivity index (χ3n) is 5.21. The fourth-order valence-electron chi connectivity index (χ4n) is 3.69. The Kier molecular flexibility index (Phi) is 5.59. The molecule has 9 heteroatoms. The molecule has 0 saturated heterocycles. The molecule has 2 aromatic rings. The molecular weight excluding hydrogens is 338 g/mol. The van der Waals surface area contributed by atoms with Crippen LogP contribution in [0, 0.1) is 0 Å². The van der Waals surface area contributed by atoms with Gasteiger partial charge in [-0.3, -0.25) is 13.9 Å². The molecule has 0 radical (unpaired) electrons. The van der Waals surface area contributed by atoms with Crippen LogP contribution in [0.15, 0.2) is 9.59 Å². The van der Waals surface area contributed by atoms with Crippen molar-refractivity contribution in [2.45, 2.75) is 57.4 Å². The first-order chi connectivity index (χ1) is 12.4. The number of hydrogen-bond donors (Lipinski definition) is 3. The average Bonchev–Trinajstić information content (AvgIpc) is 3.02. The summed E-state index contributed by atoms with van der Waals surface area (Å²) in [6, 6.07) is 0.420. The molecule has 0 spiro atoms. The van der Waals surface area contributed by atoms with E-state index in [1.54, 1.807) is 0 Å². The highest BCUT2D eigenvalue weighted by Crippen LogP contribution is 2.17. The van der Waals surface area contributed by atoms with Crippen molar-refractivity contribution in [3.8, 4) is 0 Å². The first-order valence-corrected chi connectivity index (χ1v) is 9.11. The van der Waals surface area contributed by atoms with E-state index in [2.05, 4.69) is 10.3 Å².